The van der Waals surface area contributed by atoms with Crippen molar-refractivity contribution in [2.75, 3.05) is 15.7 Å². The van der Waals surface area contributed by atoms with Gasteiger partial charge in [0.05, 0.1) is 11.4 Å². The number of hydrogen-bond donors (Lipinski definition) is 1. The molecule has 7 nitrogen and oxygen atoms in total. The van der Waals surface area contributed by atoms with Crippen LogP contribution in [0.4, 0.5) is 20.6 Å². The Morgan fingerprint density at radius 1 is 1.14 bits per heavy atom. The molecule has 9 heteroatoms. The zero-order valence-electron chi connectivity index (χ0n) is 15.4. The van der Waals surface area contributed by atoms with Crippen LogP contribution in [0.3, 0.4) is 0 Å². The summed E-state index contributed by atoms with van der Waals surface area (Å²) in [4.78, 5) is 26.4. The molecule has 0 unspecified atom stereocenters. The third kappa shape index (κ3) is 3.57. The highest BCUT2D eigenvalue weighted by molar-refractivity contribution is 7.94. The fraction of sp³-hybridized carbons (Fsp3) is 0.263. The van der Waals surface area contributed by atoms with E-state index in [0.29, 0.717) is 10.7 Å². The van der Waals surface area contributed by atoms with Crippen molar-refractivity contribution in [2.24, 2.45) is 0 Å². The molecule has 1 aliphatic rings. The summed E-state index contributed by atoms with van der Waals surface area (Å²) in [6, 6.07) is 9.53. The SMILES string of the molecule is CC[C@@H](C)NC(=O)CN1C(=O)N(c2ccc(F)cc2)S(=O)(=O)c2ccccc21. The van der Waals surface area contributed by atoms with Gasteiger partial charge < -0.3 is 5.32 Å². The molecule has 0 radical (unpaired) electrons. The molecule has 1 N–H and O–H groups in total. The number of carbonyl (C=O) groups is 2. The maximum atomic E-state index is 13.3. The Balaban J connectivity index is 2.06. The molecular weight excluding hydrogens is 385 g/mol. The molecule has 2 aromatic carbocycles. The van der Waals surface area contributed by atoms with Gasteiger partial charge in [-0.3, -0.25) is 9.69 Å². The lowest BCUT2D eigenvalue weighted by molar-refractivity contribution is -0.120. The molecule has 1 aliphatic heterocycles. The van der Waals surface area contributed by atoms with Gasteiger partial charge >= 0.3 is 6.03 Å². The van der Waals surface area contributed by atoms with Gasteiger partial charge in [-0.05, 0) is 49.7 Å². The predicted octanol–water partition coefficient (Wildman–Crippen LogP) is 2.88. The van der Waals surface area contributed by atoms with Crippen molar-refractivity contribution < 1.29 is 22.4 Å². The van der Waals surface area contributed by atoms with E-state index in [2.05, 4.69) is 5.32 Å². The van der Waals surface area contributed by atoms with Crippen molar-refractivity contribution in [2.45, 2.75) is 31.2 Å². The lowest BCUT2D eigenvalue weighted by Gasteiger charge is -2.36. The third-order valence-electron chi connectivity index (χ3n) is 4.46. The molecule has 0 spiro atoms. The molecule has 0 aliphatic carbocycles. The third-order valence-corrected chi connectivity index (χ3v) is 6.21. The van der Waals surface area contributed by atoms with Gasteiger partial charge in [0.1, 0.15) is 17.3 Å². The molecule has 0 saturated carbocycles. The molecule has 148 valence electrons. The topological polar surface area (TPSA) is 86.8 Å². The highest BCUT2D eigenvalue weighted by Crippen LogP contribution is 2.36. The lowest BCUT2D eigenvalue weighted by atomic mass is 10.2. The average Bonchev–Trinajstić information content (AvgIpc) is 2.66. The zero-order valence-corrected chi connectivity index (χ0v) is 16.2. The van der Waals surface area contributed by atoms with E-state index in [1.165, 1.54) is 30.3 Å². The average molecular weight is 405 g/mol. The monoisotopic (exact) mass is 405 g/mol. The summed E-state index contributed by atoms with van der Waals surface area (Å²) in [5, 5.41) is 2.76. The van der Waals surface area contributed by atoms with Crippen molar-refractivity contribution in [3.63, 3.8) is 0 Å². The normalized spacial score (nSPS) is 16.5. The Morgan fingerprint density at radius 2 is 1.79 bits per heavy atom. The van der Waals surface area contributed by atoms with E-state index >= 15 is 0 Å². The second-order valence-corrected chi connectivity index (χ2v) is 8.21. The molecule has 0 bridgehead atoms. The minimum absolute atomic E-state index is 0.00626. The number of nitrogens with one attached hydrogen (secondary N) is 1. The van der Waals surface area contributed by atoms with E-state index in [0.717, 1.165) is 17.0 Å². The van der Waals surface area contributed by atoms with Crippen LogP contribution in [-0.2, 0) is 14.8 Å². The Kier molecular flexibility index (Phi) is 5.37. The van der Waals surface area contributed by atoms with Gasteiger partial charge in [-0.2, -0.15) is 4.31 Å². The van der Waals surface area contributed by atoms with Crippen LogP contribution in [-0.4, -0.2) is 32.9 Å². The molecule has 2 aromatic rings. The van der Waals surface area contributed by atoms with E-state index in [1.807, 2.05) is 13.8 Å². The number of halogens is 1. The highest BCUT2D eigenvalue weighted by atomic mass is 32.2. The van der Waals surface area contributed by atoms with Crippen LogP contribution < -0.4 is 14.5 Å². The maximum absolute atomic E-state index is 13.3. The number of fused-ring (bicyclic) bond motifs is 1. The zero-order chi connectivity index (χ0) is 20.5. The van der Waals surface area contributed by atoms with Crippen molar-refractivity contribution in [3.8, 4) is 0 Å². The Bertz CT molecular complexity index is 1010. The maximum Gasteiger partial charge on any atom is 0.343 e. The second kappa shape index (κ2) is 7.59. The van der Waals surface area contributed by atoms with Gasteiger partial charge in [0.2, 0.25) is 5.91 Å². The molecular formula is C19H20FN3O4S. The number of hydrogen-bond acceptors (Lipinski definition) is 4. The van der Waals surface area contributed by atoms with Crippen LogP contribution in [0, 0.1) is 5.82 Å². The molecule has 28 heavy (non-hydrogen) atoms. The smallest absolute Gasteiger partial charge is 0.343 e. The minimum atomic E-state index is -4.21. The van der Waals surface area contributed by atoms with Gasteiger partial charge in [-0.25, -0.2) is 17.6 Å². The second-order valence-electron chi connectivity index (χ2n) is 6.46. The van der Waals surface area contributed by atoms with Gasteiger partial charge in [-0.15, -0.1) is 0 Å². The fourth-order valence-corrected chi connectivity index (χ4v) is 4.45. The molecule has 1 atom stereocenters. The number of nitrogens with zero attached hydrogens (tertiary/aromatic N) is 2. The molecule has 0 aromatic heterocycles. The number of para-hydroxylation sites is 1. The number of sulfonamides is 1. The lowest BCUT2D eigenvalue weighted by Crippen LogP contribution is -2.54. The standard InChI is InChI=1S/C19H20FN3O4S/c1-3-13(2)21-18(24)12-22-16-6-4-5-7-17(16)28(26,27)23(19(22)25)15-10-8-14(20)9-11-15/h4-11,13H,3,12H2,1-2H3,(H,21,24)/t13-/m1/s1. The number of carbonyl (C=O) groups excluding carboxylic acids is 2. The summed E-state index contributed by atoms with van der Waals surface area (Å²) in [7, 11) is -4.21. The largest absolute Gasteiger partial charge is 0.352 e. The van der Waals surface area contributed by atoms with E-state index in [4.69, 9.17) is 0 Å². The number of benzene rings is 2. The first-order valence-corrected chi connectivity index (χ1v) is 10.2. The summed E-state index contributed by atoms with van der Waals surface area (Å²) in [5.74, 6) is -0.966. The Hall–Kier alpha value is -2.94. The van der Waals surface area contributed by atoms with Crippen LogP contribution in [0.2, 0.25) is 0 Å². The minimum Gasteiger partial charge on any atom is -0.352 e. The Morgan fingerprint density at radius 3 is 2.43 bits per heavy atom. The molecule has 1 heterocycles. The summed E-state index contributed by atoms with van der Waals surface area (Å²) in [6.07, 6.45) is 0.715. The van der Waals surface area contributed by atoms with Crippen LogP contribution in [0.5, 0.6) is 0 Å². The van der Waals surface area contributed by atoms with E-state index in [-0.39, 0.29) is 28.9 Å². The van der Waals surface area contributed by atoms with E-state index in [9.17, 15) is 22.4 Å². The van der Waals surface area contributed by atoms with Crippen LogP contribution in [0.15, 0.2) is 53.4 Å². The number of rotatable bonds is 5. The van der Waals surface area contributed by atoms with Crippen LogP contribution >= 0.6 is 0 Å². The van der Waals surface area contributed by atoms with Gasteiger partial charge in [0.15, 0.2) is 0 Å². The molecule has 3 amide bonds. The van der Waals surface area contributed by atoms with Gasteiger partial charge in [0.25, 0.3) is 10.0 Å². The van der Waals surface area contributed by atoms with Crippen molar-refractivity contribution in [1.29, 1.82) is 0 Å². The number of urea groups is 1. The quantitative estimate of drug-likeness (QED) is 0.829. The molecule has 3 rings (SSSR count). The number of anilines is 2. The van der Waals surface area contributed by atoms with Crippen molar-refractivity contribution in [1.82, 2.24) is 5.32 Å². The number of amides is 3. The molecule has 0 fully saturated rings. The van der Waals surface area contributed by atoms with E-state index in [1.54, 1.807) is 6.07 Å². The summed E-state index contributed by atoms with van der Waals surface area (Å²) >= 11 is 0. The fourth-order valence-electron chi connectivity index (χ4n) is 2.86. The van der Waals surface area contributed by atoms with Crippen molar-refractivity contribution >= 4 is 33.3 Å². The Labute approximate surface area is 162 Å². The van der Waals surface area contributed by atoms with Crippen LogP contribution in [0.1, 0.15) is 20.3 Å². The van der Waals surface area contributed by atoms with E-state index < -0.39 is 27.8 Å². The first-order chi connectivity index (χ1) is 13.3. The van der Waals surface area contributed by atoms with Gasteiger partial charge in [-0.1, -0.05) is 19.1 Å². The summed E-state index contributed by atoms with van der Waals surface area (Å²) < 4.78 is 39.9. The van der Waals surface area contributed by atoms with Crippen LogP contribution in [0.25, 0.3) is 0 Å². The summed E-state index contributed by atoms with van der Waals surface area (Å²) in [6.45, 7) is 3.40. The first kappa shape index (κ1) is 19.8. The molecule has 0 saturated heterocycles. The predicted molar refractivity (Wildman–Crippen MR) is 103 cm³/mol. The highest BCUT2D eigenvalue weighted by Gasteiger charge is 2.43. The first-order valence-electron chi connectivity index (χ1n) is 8.76. The summed E-state index contributed by atoms with van der Waals surface area (Å²) in [5.41, 5.74) is 0.124. The van der Waals surface area contributed by atoms with Gasteiger partial charge in [0, 0.05) is 6.04 Å². The van der Waals surface area contributed by atoms with Crippen molar-refractivity contribution in [3.05, 3.63) is 54.3 Å².